The molecule has 30 heavy (non-hydrogen) atoms. The third-order valence-corrected chi connectivity index (χ3v) is 4.36. The van der Waals surface area contributed by atoms with E-state index in [1.165, 1.54) is 33.5 Å². The molecule has 0 fully saturated rings. The van der Waals surface area contributed by atoms with Gasteiger partial charge >= 0.3 is 5.97 Å². The Morgan fingerprint density at radius 2 is 1.53 bits per heavy atom. The maximum absolute atomic E-state index is 12.9. The minimum atomic E-state index is -0.488. The number of carbonyl (C=O) groups excluding carboxylic acids is 2. The number of methoxy groups -OCH3 is 3. The molecule has 0 heterocycles. The van der Waals surface area contributed by atoms with Gasteiger partial charge in [0.2, 0.25) is 5.75 Å². The van der Waals surface area contributed by atoms with Crippen molar-refractivity contribution in [3.8, 4) is 17.2 Å². The number of rotatable bonds is 11. The number of hydrogen-bond acceptors (Lipinski definition) is 6. The normalized spacial score (nSPS) is 10.3. The molecule has 2 rings (SSSR count). The highest BCUT2D eigenvalue weighted by Gasteiger charge is 2.14. The van der Waals surface area contributed by atoms with Gasteiger partial charge < -0.3 is 24.3 Å². The lowest BCUT2D eigenvalue weighted by Gasteiger charge is -2.14. The largest absolute Gasteiger partial charge is 0.493 e. The second-order valence-corrected chi connectivity index (χ2v) is 6.42. The summed E-state index contributed by atoms with van der Waals surface area (Å²) in [6, 6.07) is 9.57. The summed E-state index contributed by atoms with van der Waals surface area (Å²) in [5.74, 6) is 0.294. The summed E-state index contributed by atoms with van der Waals surface area (Å²) < 4.78 is 33.7. The Bertz CT molecular complexity index is 828. The Balaban J connectivity index is 1.74. The monoisotopic (exact) mass is 419 g/mol. The Labute approximate surface area is 175 Å². The first-order valence-electron chi connectivity index (χ1n) is 9.42. The highest BCUT2D eigenvalue weighted by Crippen LogP contribution is 2.38. The van der Waals surface area contributed by atoms with E-state index in [1.807, 2.05) is 0 Å². The molecule has 162 valence electrons. The molecule has 0 saturated heterocycles. The van der Waals surface area contributed by atoms with Crippen LogP contribution in [-0.2, 0) is 27.2 Å². The van der Waals surface area contributed by atoms with Crippen LogP contribution in [-0.4, -0.2) is 46.4 Å². The number of esters is 1. The molecule has 0 aliphatic rings. The predicted octanol–water partition coefficient (Wildman–Crippen LogP) is 2.69. The number of nitrogens with one attached hydrogen (secondary N) is 1. The highest BCUT2D eigenvalue weighted by molar-refractivity contribution is 5.80. The Morgan fingerprint density at radius 3 is 2.10 bits per heavy atom. The summed E-state index contributed by atoms with van der Waals surface area (Å²) in [5.41, 5.74) is 1.71. The van der Waals surface area contributed by atoms with Gasteiger partial charge in [-0.05, 0) is 48.2 Å². The van der Waals surface area contributed by atoms with Crippen molar-refractivity contribution >= 4 is 11.9 Å². The smallest absolute Gasteiger partial charge is 0.306 e. The Kier molecular flexibility index (Phi) is 8.93. The van der Waals surface area contributed by atoms with Crippen molar-refractivity contribution in [2.75, 3.05) is 34.5 Å². The van der Waals surface area contributed by atoms with Crippen LogP contribution >= 0.6 is 0 Å². The molecule has 2 aromatic rings. The second-order valence-electron chi connectivity index (χ2n) is 6.42. The quantitative estimate of drug-likeness (QED) is 0.564. The van der Waals surface area contributed by atoms with Gasteiger partial charge in [-0.2, -0.15) is 0 Å². The molecule has 0 unspecified atom stereocenters. The number of ether oxygens (including phenoxy) is 4. The number of amides is 1. The zero-order valence-corrected chi connectivity index (χ0v) is 17.3. The first-order valence-corrected chi connectivity index (χ1v) is 9.42. The molecule has 0 aromatic heterocycles. The molecular formula is C22H26FNO6. The summed E-state index contributed by atoms with van der Waals surface area (Å²) in [5, 5.41) is 2.66. The van der Waals surface area contributed by atoms with Crippen LogP contribution in [0.25, 0.3) is 0 Å². The molecule has 0 saturated carbocycles. The SMILES string of the molecule is COc1cc(CCC(=O)OCC(=O)NCCc2ccc(F)cc2)cc(OC)c1OC. The number of aryl methyl sites for hydroxylation is 1. The fourth-order valence-electron chi connectivity index (χ4n) is 2.79. The topological polar surface area (TPSA) is 83.1 Å². The Hall–Kier alpha value is -3.29. The van der Waals surface area contributed by atoms with Crippen LogP contribution in [0.1, 0.15) is 17.5 Å². The lowest BCUT2D eigenvalue weighted by atomic mass is 10.1. The Morgan fingerprint density at radius 1 is 0.900 bits per heavy atom. The average Bonchev–Trinajstić information content (AvgIpc) is 2.76. The minimum Gasteiger partial charge on any atom is -0.493 e. The van der Waals surface area contributed by atoms with E-state index in [0.29, 0.717) is 36.6 Å². The van der Waals surface area contributed by atoms with Crippen LogP contribution in [0.15, 0.2) is 36.4 Å². The van der Waals surface area contributed by atoms with Crippen molar-refractivity contribution in [3.63, 3.8) is 0 Å². The standard InChI is InChI=1S/C22H26FNO6/c1-27-18-12-16(13-19(28-2)22(18)29-3)6-9-21(26)30-14-20(25)24-11-10-15-4-7-17(23)8-5-15/h4-5,7-8,12-13H,6,9-11,14H2,1-3H3,(H,24,25). The lowest BCUT2D eigenvalue weighted by Crippen LogP contribution is -2.30. The van der Waals surface area contributed by atoms with Crippen molar-refractivity contribution in [1.82, 2.24) is 5.32 Å². The highest BCUT2D eigenvalue weighted by atomic mass is 19.1. The van der Waals surface area contributed by atoms with E-state index in [-0.39, 0.29) is 18.8 Å². The molecule has 7 nitrogen and oxygen atoms in total. The molecule has 1 amide bonds. The van der Waals surface area contributed by atoms with Gasteiger partial charge in [-0.3, -0.25) is 9.59 Å². The lowest BCUT2D eigenvalue weighted by molar-refractivity contribution is -0.148. The molecule has 0 radical (unpaired) electrons. The molecule has 0 atom stereocenters. The van der Waals surface area contributed by atoms with Crippen LogP contribution < -0.4 is 19.5 Å². The zero-order chi connectivity index (χ0) is 21.9. The van der Waals surface area contributed by atoms with Crippen molar-refractivity contribution in [3.05, 3.63) is 53.3 Å². The molecule has 8 heteroatoms. The van der Waals surface area contributed by atoms with E-state index in [9.17, 15) is 14.0 Å². The van der Waals surface area contributed by atoms with Crippen molar-refractivity contribution in [1.29, 1.82) is 0 Å². The van der Waals surface area contributed by atoms with Crippen molar-refractivity contribution in [2.45, 2.75) is 19.3 Å². The van der Waals surface area contributed by atoms with Crippen LogP contribution in [0.2, 0.25) is 0 Å². The van der Waals surface area contributed by atoms with Crippen molar-refractivity contribution < 1.29 is 32.9 Å². The van der Waals surface area contributed by atoms with Crippen LogP contribution in [0, 0.1) is 5.82 Å². The van der Waals surface area contributed by atoms with E-state index in [2.05, 4.69) is 5.32 Å². The average molecular weight is 419 g/mol. The second kappa shape index (κ2) is 11.6. The number of halogens is 1. The van der Waals surface area contributed by atoms with Gasteiger partial charge in [0.1, 0.15) is 5.82 Å². The van der Waals surface area contributed by atoms with E-state index in [4.69, 9.17) is 18.9 Å². The number of carbonyl (C=O) groups is 2. The van der Waals surface area contributed by atoms with Crippen molar-refractivity contribution in [2.24, 2.45) is 0 Å². The molecule has 1 N–H and O–H groups in total. The van der Waals surface area contributed by atoms with Crippen LogP contribution in [0.5, 0.6) is 17.2 Å². The van der Waals surface area contributed by atoms with Crippen LogP contribution in [0.4, 0.5) is 4.39 Å². The molecule has 0 aliphatic carbocycles. The number of benzene rings is 2. The molecule has 2 aromatic carbocycles. The first kappa shape index (κ1) is 23.0. The van der Waals surface area contributed by atoms with Gasteiger partial charge in [0.05, 0.1) is 21.3 Å². The van der Waals surface area contributed by atoms with Gasteiger partial charge in [-0.25, -0.2) is 4.39 Å². The van der Waals surface area contributed by atoms with E-state index in [1.54, 1.807) is 24.3 Å². The maximum Gasteiger partial charge on any atom is 0.306 e. The van der Waals surface area contributed by atoms with Gasteiger partial charge in [-0.15, -0.1) is 0 Å². The third-order valence-electron chi connectivity index (χ3n) is 4.36. The van der Waals surface area contributed by atoms with E-state index < -0.39 is 11.9 Å². The van der Waals surface area contributed by atoms with E-state index >= 15 is 0 Å². The van der Waals surface area contributed by atoms with Gasteiger partial charge in [0.25, 0.3) is 5.91 Å². The minimum absolute atomic E-state index is 0.0987. The summed E-state index contributed by atoms with van der Waals surface area (Å²) in [6.45, 7) is 0.0188. The molecule has 0 spiro atoms. The first-order chi connectivity index (χ1) is 14.5. The fraction of sp³-hybridized carbons (Fsp3) is 0.364. The fourth-order valence-corrected chi connectivity index (χ4v) is 2.79. The summed E-state index contributed by atoms with van der Waals surface area (Å²) in [4.78, 5) is 23.8. The van der Waals surface area contributed by atoms with Gasteiger partial charge in [0.15, 0.2) is 18.1 Å². The van der Waals surface area contributed by atoms with Gasteiger partial charge in [0, 0.05) is 13.0 Å². The number of hydrogen-bond donors (Lipinski definition) is 1. The third kappa shape index (κ3) is 6.95. The summed E-state index contributed by atoms with van der Waals surface area (Å²) in [7, 11) is 4.55. The van der Waals surface area contributed by atoms with Crippen LogP contribution in [0.3, 0.4) is 0 Å². The molecular weight excluding hydrogens is 393 g/mol. The zero-order valence-electron chi connectivity index (χ0n) is 17.3. The predicted molar refractivity (Wildman–Crippen MR) is 108 cm³/mol. The van der Waals surface area contributed by atoms with E-state index in [0.717, 1.165) is 11.1 Å². The van der Waals surface area contributed by atoms with Gasteiger partial charge in [-0.1, -0.05) is 12.1 Å². The summed E-state index contributed by atoms with van der Waals surface area (Å²) >= 11 is 0. The summed E-state index contributed by atoms with van der Waals surface area (Å²) in [6.07, 6.45) is 1.05. The molecule has 0 aliphatic heterocycles. The maximum atomic E-state index is 12.9. The molecule has 0 bridgehead atoms.